The van der Waals surface area contributed by atoms with E-state index in [0.717, 1.165) is 5.56 Å². The topological polar surface area (TPSA) is 46.2 Å². The van der Waals surface area contributed by atoms with Crippen LogP contribution in [-0.2, 0) is 0 Å². The maximum Gasteiger partial charge on any atom is 0.138 e. The molecule has 1 aromatic carbocycles. The van der Waals surface area contributed by atoms with Gasteiger partial charge in [-0.2, -0.15) is 0 Å². The average Bonchev–Trinajstić information content (AvgIpc) is 1.80. The van der Waals surface area contributed by atoms with E-state index in [-0.39, 0.29) is 13.2 Å². The van der Waals surface area contributed by atoms with Gasteiger partial charge in [-0.3, -0.25) is 0 Å². The molecule has 0 saturated carbocycles. The molecular weight excluding hydrogens is 126 g/mol. The van der Waals surface area contributed by atoms with Crippen molar-refractivity contribution in [2.24, 2.45) is 0 Å². The smallest absolute Gasteiger partial charge is 0.138 e. The number of rotatable bonds is 0. The van der Waals surface area contributed by atoms with Gasteiger partial charge in [-0.15, -0.1) is 0 Å². The Hall–Kier alpha value is -1.18. The first-order valence-corrected chi connectivity index (χ1v) is 2.75. The molecule has 0 atom stereocenters. The molecule has 0 aromatic heterocycles. The molecule has 1 aromatic rings. The van der Waals surface area contributed by atoms with Gasteiger partial charge in [0, 0.05) is 0 Å². The summed E-state index contributed by atoms with van der Waals surface area (Å²) in [7, 11) is 0. The zero-order valence-electron chi connectivity index (χ0n) is 5.26. The third-order valence-corrected chi connectivity index (χ3v) is 1.18. The lowest BCUT2D eigenvalue weighted by molar-refractivity contribution is 0.478. The van der Waals surface area contributed by atoms with Crippen LogP contribution in [0.5, 0.6) is 5.75 Å². The zero-order chi connectivity index (χ0) is 6.85. The molecule has 1 rings (SSSR count). The Balaban J connectivity index is 0.000000810. The molecule has 3 N–H and O–H groups in total. The van der Waals surface area contributed by atoms with E-state index in [2.05, 4.69) is 0 Å². The standard InChI is InChI=1S/C7H9NO.CH4/c1-5-2-3-7(9)6(8)4-5;/h2-4,9H,8H2,1H3;1H4. The fraction of sp³-hybridized carbons (Fsp3) is 0.250. The van der Waals surface area contributed by atoms with Gasteiger partial charge in [-0.25, -0.2) is 0 Å². The molecule has 0 unspecified atom stereocenters. The summed E-state index contributed by atoms with van der Waals surface area (Å²) in [4.78, 5) is 0. The molecule has 0 radical (unpaired) electrons. The number of nitrogens with two attached hydrogens (primary N) is 1. The summed E-state index contributed by atoms with van der Waals surface area (Å²) < 4.78 is 0. The van der Waals surface area contributed by atoms with E-state index in [9.17, 15) is 0 Å². The molecule has 0 spiro atoms. The first-order chi connectivity index (χ1) is 4.20. The SMILES string of the molecule is C.Cc1ccc(O)c(N)c1. The summed E-state index contributed by atoms with van der Waals surface area (Å²) in [5, 5.41) is 8.92. The summed E-state index contributed by atoms with van der Waals surface area (Å²) in [5.74, 6) is 0.153. The minimum atomic E-state index is 0. The summed E-state index contributed by atoms with van der Waals surface area (Å²) in [6.45, 7) is 1.93. The maximum absolute atomic E-state index is 8.92. The van der Waals surface area contributed by atoms with Gasteiger partial charge in [0.1, 0.15) is 5.75 Å². The lowest BCUT2D eigenvalue weighted by atomic mass is 10.2. The fourth-order valence-electron chi connectivity index (χ4n) is 0.674. The normalized spacial score (nSPS) is 8.50. The molecule has 0 aliphatic heterocycles. The highest BCUT2D eigenvalue weighted by molar-refractivity contribution is 5.52. The third-order valence-electron chi connectivity index (χ3n) is 1.18. The molecule has 0 saturated heterocycles. The van der Waals surface area contributed by atoms with Crippen molar-refractivity contribution >= 4 is 5.69 Å². The number of phenolic OH excluding ortho intramolecular Hbond substituents is 1. The Morgan fingerprint density at radius 3 is 2.40 bits per heavy atom. The van der Waals surface area contributed by atoms with Crippen molar-refractivity contribution in [2.75, 3.05) is 5.73 Å². The third kappa shape index (κ3) is 1.65. The Kier molecular flexibility index (Phi) is 2.74. The highest BCUT2D eigenvalue weighted by atomic mass is 16.3. The number of hydrogen-bond acceptors (Lipinski definition) is 2. The van der Waals surface area contributed by atoms with E-state index < -0.39 is 0 Å². The van der Waals surface area contributed by atoms with E-state index in [0.29, 0.717) is 5.69 Å². The summed E-state index contributed by atoms with van der Waals surface area (Å²) in [6.07, 6.45) is 0. The molecule has 2 nitrogen and oxygen atoms in total. The van der Waals surface area contributed by atoms with Crippen molar-refractivity contribution in [3.63, 3.8) is 0 Å². The Morgan fingerprint density at radius 1 is 1.40 bits per heavy atom. The average molecular weight is 139 g/mol. The molecule has 0 amide bonds. The van der Waals surface area contributed by atoms with Crippen molar-refractivity contribution in [1.82, 2.24) is 0 Å². The number of anilines is 1. The number of nitrogen functional groups attached to an aromatic ring is 1. The van der Waals surface area contributed by atoms with E-state index in [1.165, 1.54) is 0 Å². The highest BCUT2D eigenvalue weighted by Crippen LogP contribution is 2.19. The van der Waals surface area contributed by atoms with Crippen LogP contribution in [0.15, 0.2) is 18.2 Å². The number of aromatic hydroxyl groups is 1. The number of hydrogen-bond donors (Lipinski definition) is 2. The molecule has 2 heteroatoms. The highest BCUT2D eigenvalue weighted by Gasteiger charge is 1.92. The maximum atomic E-state index is 8.92. The summed E-state index contributed by atoms with van der Waals surface area (Å²) in [6, 6.07) is 5.13. The minimum absolute atomic E-state index is 0. The first-order valence-electron chi connectivity index (χ1n) is 2.75. The van der Waals surface area contributed by atoms with Gasteiger partial charge in [-0.1, -0.05) is 13.5 Å². The van der Waals surface area contributed by atoms with Gasteiger partial charge in [0.2, 0.25) is 0 Å². The summed E-state index contributed by atoms with van der Waals surface area (Å²) in [5.41, 5.74) is 6.87. The van der Waals surface area contributed by atoms with Crippen LogP contribution >= 0.6 is 0 Å². The van der Waals surface area contributed by atoms with Gasteiger partial charge in [0.05, 0.1) is 5.69 Å². The van der Waals surface area contributed by atoms with Crippen molar-refractivity contribution in [2.45, 2.75) is 14.4 Å². The first kappa shape index (κ1) is 8.82. The van der Waals surface area contributed by atoms with Gasteiger partial charge in [0.25, 0.3) is 0 Å². The predicted molar refractivity (Wildman–Crippen MR) is 44.0 cm³/mol. The second-order valence-electron chi connectivity index (χ2n) is 2.06. The number of benzene rings is 1. The van der Waals surface area contributed by atoms with Gasteiger partial charge in [0.15, 0.2) is 0 Å². The molecule has 0 aliphatic rings. The van der Waals surface area contributed by atoms with Crippen LogP contribution in [-0.4, -0.2) is 5.11 Å². The van der Waals surface area contributed by atoms with Crippen LogP contribution in [0.4, 0.5) is 5.69 Å². The molecule has 0 fully saturated rings. The minimum Gasteiger partial charge on any atom is -0.506 e. The second kappa shape index (κ2) is 3.11. The predicted octanol–water partition coefficient (Wildman–Crippen LogP) is 1.92. The van der Waals surface area contributed by atoms with Gasteiger partial charge < -0.3 is 10.8 Å². The van der Waals surface area contributed by atoms with Crippen molar-refractivity contribution in [3.8, 4) is 5.75 Å². The summed E-state index contributed by atoms with van der Waals surface area (Å²) >= 11 is 0. The number of phenols is 1. The lowest BCUT2D eigenvalue weighted by Gasteiger charge is -1.97. The molecule has 0 bridgehead atoms. The van der Waals surface area contributed by atoms with Crippen LogP contribution in [0.1, 0.15) is 13.0 Å². The van der Waals surface area contributed by atoms with Crippen LogP contribution in [0.2, 0.25) is 0 Å². The number of aryl methyl sites for hydroxylation is 1. The van der Waals surface area contributed by atoms with E-state index in [4.69, 9.17) is 10.8 Å². The zero-order valence-corrected chi connectivity index (χ0v) is 5.26. The molecule has 10 heavy (non-hydrogen) atoms. The molecule has 0 heterocycles. The van der Waals surface area contributed by atoms with Crippen molar-refractivity contribution in [3.05, 3.63) is 23.8 Å². The van der Waals surface area contributed by atoms with Crippen LogP contribution in [0, 0.1) is 6.92 Å². The monoisotopic (exact) mass is 139 g/mol. The largest absolute Gasteiger partial charge is 0.506 e. The van der Waals surface area contributed by atoms with Gasteiger partial charge in [-0.05, 0) is 24.6 Å². The van der Waals surface area contributed by atoms with E-state index in [1.807, 2.05) is 13.0 Å². The van der Waals surface area contributed by atoms with Crippen molar-refractivity contribution in [1.29, 1.82) is 0 Å². The van der Waals surface area contributed by atoms with E-state index >= 15 is 0 Å². The lowest BCUT2D eigenvalue weighted by Crippen LogP contribution is -1.85. The van der Waals surface area contributed by atoms with Crippen LogP contribution in [0.3, 0.4) is 0 Å². The Bertz CT molecular complexity index is 220. The van der Waals surface area contributed by atoms with Crippen LogP contribution in [0.25, 0.3) is 0 Å². The van der Waals surface area contributed by atoms with E-state index in [1.54, 1.807) is 12.1 Å². The van der Waals surface area contributed by atoms with Crippen molar-refractivity contribution < 1.29 is 5.11 Å². The van der Waals surface area contributed by atoms with Gasteiger partial charge >= 0.3 is 0 Å². The Labute approximate surface area is 61.3 Å². The molecular formula is C8H13NO. The molecule has 0 aliphatic carbocycles. The fourth-order valence-corrected chi connectivity index (χ4v) is 0.674. The molecule has 56 valence electrons. The Morgan fingerprint density at radius 2 is 2.00 bits per heavy atom. The van der Waals surface area contributed by atoms with Crippen LogP contribution < -0.4 is 5.73 Å². The second-order valence-corrected chi connectivity index (χ2v) is 2.06. The quantitative estimate of drug-likeness (QED) is 0.426.